The lowest BCUT2D eigenvalue weighted by molar-refractivity contribution is -0.153. The molecule has 4 rings (SSSR count). The Morgan fingerprint density at radius 2 is 2.08 bits per heavy atom. The number of amides is 2. The normalized spacial score (nSPS) is 23.0. The second kappa shape index (κ2) is 6.33. The molecule has 2 aliphatic heterocycles. The predicted molar refractivity (Wildman–Crippen MR) is 87.7 cm³/mol. The highest BCUT2D eigenvalue weighted by Crippen LogP contribution is 2.26. The van der Waals surface area contributed by atoms with Gasteiger partial charge in [0.15, 0.2) is 6.39 Å². The largest absolute Gasteiger partial charge is 0.438 e. The van der Waals surface area contributed by atoms with Gasteiger partial charge in [-0.1, -0.05) is 30.3 Å². The predicted octanol–water partition coefficient (Wildman–Crippen LogP) is 1.24. The molecular formula is C18H19N3O4. The Bertz CT molecular complexity index is 789. The van der Waals surface area contributed by atoms with Crippen molar-refractivity contribution in [2.45, 2.75) is 25.6 Å². The monoisotopic (exact) mass is 341 g/mol. The molecule has 25 heavy (non-hydrogen) atoms. The molecular weight excluding hydrogens is 322 g/mol. The highest BCUT2D eigenvalue weighted by molar-refractivity contribution is 5.92. The number of benzene rings is 1. The summed E-state index contributed by atoms with van der Waals surface area (Å²) in [4.78, 5) is 32.5. The van der Waals surface area contributed by atoms with Crippen molar-refractivity contribution in [3.05, 3.63) is 53.7 Å². The Hall–Kier alpha value is -2.67. The molecule has 1 aromatic heterocycles. The summed E-state index contributed by atoms with van der Waals surface area (Å²) in [5, 5.41) is 0. The fraction of sp³-hybridized carbons (Fsp3) is 0.389. The van der Waals surface area contributed by atoms with E-state index in [1.165, 1.54) is 6.39 Å². The zero-order chi connectivity index (χ0) is 17.4. The van der Waals surface area contributed by atoms with E-state index < -0.39 is 0 Å². The first-order chi connectivity index (χ1) is 12.1. The summed E-state index contributed by atoms with van der Waals surface area (Å²) in [6.45, 7) is 3.19. The van der Waals surface area contributed by atoms with Crippen molar-refractivity contribution >= 4 is 11.8 Å². The van der Waals surface area contributed by atoms with Gasteiger partial charge in [-0.05, 0) is 12.5 Å². The number of fused-ring (bicyclic) bond motifs is 1. The number of nitrogens with zero attached hydrogens (tertiary/aromatic N) is 3. The Balaban J connectivity index is 1.53. The number of hydrogen-bond acceptors (Lipinski definition) is 5. The Labute approximate surface area is 145 Å². The molecule has 2 saturated heterocycles. The van der Waals surface area contributed by atoms with E-state index in [2.05, 4.69) is 4.98 Å². The maximum Gasteiger partial charge on any atom is 0.291 e. The molecule has 7 heteroatoms. The number of ether oxygens (including phenoxy) is 1. The number of oxazole rings is 1. The molecule has 3 heterocycles. The van der Waals surface area contributed by atoms with Crippen molar-refractivity contribution in [1.29, 1.82) is 0 Å². The first-order valence-electron chi connectivity index (χ1n) is 8.28. The van der Waals surface area contributed by atoms with Gasteiger partial charge in [0, 0.05) is 19.6 Å². The van der Waals surface area contributed by atoms with Crippen LogP contribution in [0.3, 0.4) is 0 Å². The molecule has 2 amide bonds. The number of aromatic nitrogens is 1. The van der Waals surface area contributed by atoms with Gasteiger partial charge in [0.05, 0.1) is 17.8 Å². The molecule has 7 nitrogen and oxygen atoms in total. The maximum atomic E-state index is 12.7. The van der Waals surface area contributed by atoms with Crippen molar-refractivity contribution in [1.82, 2.24) is 14.8 Å². The number of rotatable bonds is 3. The van der Waals surface area contributed by atoms with Gasteiger partial charge in [-0.25, -0.2) is 4.98 Å². The first-order valence-corrected chi connectivity index (χ1v) is 8.28. The second-order valence-electron chi connectivity index (χ2n) is 6.40. The molecule has 0 aliphatic carbocycles. The van der Waals surface area contributed by atoms with E-state index in [1.807, 2.05) is 35.2 Å². The minimum Gasteiger partial charge on any atom is -0.438 e. The van der Waals surface area contributed by atoms with Gasteiger partial charge in [-0.3, -0.25) is 9.59 Å². The maximum absolute atomic E-state index is 12.7. The van der Waals surface area contributed by atoms with Crippen LogP contribution in [0.1, 0.15) is 21.8 Å². The van der Waals surface area contributed by atoms with E-state index >= 15 is 0 Å². The van der Waals surface area contributed by atoms with Crippen LogP contribution >= 0.6 is 0 Å². The second-order valence-corrected chi connectivity index (χ2v) is 6.40. The lowest BCUT2D eigenvalue weighted by Crippen LogP contribution is -2.53. The van der Waals surface area contributed by atoms with Crippen molar-refractivity contribution in [2.75, 3.05) is 19.7 Å². The summed E-state index contributed by atoms with van der Waals surface area (Å²) in [7, 11) is 0. The van der Waals surface area contributed by atoms with Crippen molar-refractivity contribution in [3.8, 4) is 0 Å². The number of aryl methyl sites for hydroxylation is 1. The van der Waals surface area contributed by atoms with E-state index in [0.29, 0.717) is 25.3 Å². The molecule has 0 radical (unpaired) electrons. The van der Waals surface area contributed by atoms with E-state index in [1.54, 1.807) is 11.8 Å². The number of carbonyl (C=O) groups excluding carboxylic acids is 2. The van der Waals surface area contributed by atoms with Crippen LogP contribution in [0.15, 0.2) is 41.1 Å². The smallest absolute Gasteiger partial charge is 0.291 e. The lowest BCUT2D eigenvalue weighted by Gasteiger charge is -2.36. The minimum absolute atomic E-state index is 0.0461. The summed E-state index contributed by atoms with van der Waals surface area (Å²) >= 11 is 0. The number of morpholine rings is 1. The molecule has 1 aromatic carbocycles. The molecule has 0 unspecified atom stereocenters. The molecule has 2 atom stereocenters. The Morgan fingerprint density at radius 3 is 2.80 bits per heavy atom. The van der Waals surface area contributed by atoms with E-state index in [9.17, 15) is 9.59 Å². The van der Waals surface area contributed by atoms with Crippen LogP contribution in [0, 0.1) is 6.92 Å². The number of carbonyl (C=O) groups is 2. The average molecular weight is 341 g/mol. The summed E-state index contributed by atoms with van der Waals surface area (Å²) in [6, 6.07) is 9.70. The zero-order valence-electron chi connectivity index (χ0n) is 13.9. The highest BCUT2D eigenvalue weighted by atomic mass is 16.5. The quantitative estimate of drug-likeness (QED) is 0.839. The fourth-order valence-corrected chi connectivity index (χ4v) is 3.47. The molecule has 2 aliphatic rings. The molecule has 0 saturated carbocycles. The van der Waals surface area contributed by atoms with Gasteiger partial charge < -0.3 is 19.0 Å². The lowest BCUT2D eigenvalue weighted by atomic mass is 10.1. The van der Waals surface area contributed by atoms with Gasteiger partial charge in [0.2, 0.25) is 11.7 Å². The van der Waals surface area contributed by atoms with Crippen LogP contribution in [-0.2, 0) is 16.1 Å². The highest BCUT2D eigenvalue weighted by Gasteiger charge is 2.45. The van der Waals surface area contributed by atoms with Crippen LogP contribution in [0.25, 0.3) is 0 Å². The number of hydrogen-bond donors (Lipinski definition) is 0. The molecule has 0 spiro atoms. The average Bonchev–Trinajstić information content (AvgIpc) is 3.24. The number of likely N-dealkylation sites (tertiary alicyclic amines) is 1. The third-order valence-corrected chi connectivity index (χ3v) is 4.80. The van der Waals surface area contributed by atoms with Crippen LogP contribution in [0.5, 0.6) is 0 Å². The van der Waals surface area contributed by atoms with Gasteiger partial charge in [-0.2, -0.15) is 0 Å². The van der Waals surface area contributed by atoms with Crippen LogP contribution in [0.4, 0.5) is 0 Å². The van der Waals surface area contributed by atoms with Gasteiger partial charge in [0.1, 0.15) is 6.61 Å². The van der Waals surface area contributed by atoms with Crippen molar-refractivity contribution in [2.24, 2.45) is 0 Å². The standard InChI is InChI=1S/C18H19N3O4/c1-12-17(25-11-19-12)18(23)20-8-14-15(9-20)24-10-16(22)21(14)7-13-5-3-2-4-6-13/h2-6,11,14-15H,7-10H2,1H3/t14-,15-/m1/s1. The van der Waals surface area contributed by atoms with Crippen LogP contribution in [0.2, 0.25) is 0 Å². The van der Waals surface area contributed by atoms with Gasteiger partial charge in [0.25, 0.3) is 5.91 Å². The van der Waals surface area contributed by atoms with Crippen LogP contribution in [-0.4, -0.2) is 58.4 Å². The molecule has 2 fully saturated rings. The molecule has 0 N–H and O–H groups in total. The molecule has 130 valence electrons. The van der Waals surface area contributed by atoms with Crippen molar-refractivity contribution < 1.29 is 18.7 Å². The summed E-state index contributed by atoms with van der Waals surface area (Å²) in [5.41, 5.74) is 1.63. The Morgan fingerprint density at radius 1 is 1.28 bits per heavy atom. The van der Waals surface area contributed by atoms with Gasteiger partial charge in [-0.15, -0.1) is 0 Å². The Kier molecular flexibility index (Phi) is 4.01. The molecule has 0 bridgehead atoms. The third kappa shape index (κ3) is 2.91. The van der Waals surface area contributed by atoms with Gasteiger partial charge >= 0.3 is 0 Å². The topological polar surface area (TPSA) is 75.9 Å². The molecule has 2 aromatic rings. The fourth-order valence-electron chi connectivity index (χ4n) is 3.47. The SMILES string of the molecule is Cc1ncoc1C(=O)N1C[C@@H]2[C@@H](C1)OCC(=O)N2Cc1ccccc1. The third-order valence-electron chi connectivity index (χ3n) is 4.80. The van der Waals surface area contributed by atoms with E-state index in [0.717, 1.165) is 5.56 Å². The minimum atomic E-state index is -0.208. The van der Waals surface area contributed by atoms with Crippen LogP contribution < -0.4 is 0 Å². The first kappa shape index (κ1) is 15.8. The summed E-state index contributed by atoms with van der Waals surface area (Å²) in [5.74, 6) is -0.00468. The van der Waals surface area contributed by atoms with E-state index in [4.69, 9.17) is 9.15 Å². The van der Waals surface area contributed by atoms with Crippen molar-refractivity contribution in [3.63, 3.8) is 0 Å². The summed E-state index contributed by atoms with van der Waals surface area (Å²) < 4.78 is 10.9. The summed E-state index contributed by atoms with van der Waals surface area (Å²) in [6.07, 6.45) is 1.10. The zero-order valence-corrected chi connectivity index (χ0v) is 13.9. The van der Waals surface area contributed by atoms with E-state index in [-0.39, 0.29) is 36.3 Å².